The van der Waals surface area contributed by atoms with Crippen LogP contribution in [0.5, 0.6) is 0 Å². The van der Waals surface area contributed by atoms with E-state index in [4.69, 9.17) is 27.7 Å². The summed E-state index contributed by atoms with van der Waals surface area (Å²) in [5, 5.41) is 25.0. The van der Waals surface area contributed by atoms with Crippen molar-refractivity contribution in [2.24, 2.45) is 0 Å². The van der Waals surface area contributed by atoms with Gasteiger partial charge in [0, 0.05) is 16.7 Å². The number of halogens is 2. The Labute approximate surface area is 183 Å². The normalized spacial score (nSPS) is 11.1. The van der Waals surface area contributed by atoms with E-state index >= 15 is 0 Å². The van der Waals surface area contributed by atoms with Gasteiger partial charge in [0.2, 0.25) is 0 Å². The topological polar surface area (TPSA) is 94.0 Å². The lowest BCUT2D eigenvalue weighted by Gasteiger charge is -2.05. The average Bonchev–Trinajstić information content (AvgIpc) is 3.40. The Morgan fingerprint density at radius 1 is 1.24 bits per heavy atom. The molecule has 0 aliphatic heterocycles. The maximum absolute atomic E-state index is 11.3. The molecular formula is C18H12Cl2N4O3S2. The molecule has 4 rings (SSSR count). The number of thiophene rings is 1. The van der Waals surface area contributed by atoms with Crippen molar-refractivity contribution in [2.45, 2.75) is 17.5 Å². The van der Waals surface area contributed by atoms with Gasteiger partial charge in [-0.3, -0.25) is 9.36 Å². The molecule has 1 aromatic carbocycles. The van der Waals surface area contributed by atoms with Crippen molar-refractivity contribution in [2.75, 3.05) is 0 Å². The number of aromatic nitrogens is 4. The number of hydrogen-bond acceptors (Lipinski definition) is 7. The summed E-state index contributed by atoms with van der Waals surface area (Å²) < 4.78 is 6.97. The minimum atomic E-state index is -0.969. The number of aliphatic carboxylic acids is 1. The van der Waals surface area contributed by atoms with Gasteiger partial charge in [0.15, 0.2) is 11.0 Å². The number of carbonyl (C=O) groups is 1. The fourth-order valence-electron chi connectivity index (χ4n) is 2.60. The smallest absolute Gasteiger partial charge is 0.323 e. The van der Waals surface area contributed by atoms with E-state index in [1.165, 1.54) is 23.1 Å². The predicted octanol–water partition coefficient (Wildman–Crippen LogP) is 5.35. The Morgan fingerprint density at radius 2 is 2.10 bits per heavy atom. The van der Waals surface area contributed by atoms with Crippen LogP contribution < -0.4 is 0 Å². The van der Waals surface area contributed by atoms with Gasteiger partial charge in [-0.25, -0.2) is 0 Å². The lowest BCUT2D eigenvalue weighted by molar-refractivity contribution is -0.137. The number of carboxylic acid groups (broad SMARTS) is 1. The van der Waals surface area contributed by atoms with Crippen LogP contribution in [-0.2, 0) is 17.1 Å². The number of nitrogens with zero attached hydrogens (tertiary/aromatic N) is 4. The molecule has 3 aromatic heterocycles. The first-order valence-corrected chi connectivity index (χ1v) is 10.9. The maximum atomic E-state index is 11.3. The fourth-order valence-corrected chi connectivity index (χ4v) is 4.64. The maximum Gasteiger partial charge on any atom is 0.323 e. The third-order valence-corrected chi connectivity index (χ3v) is 6.26. The molecule has 1 N–H and O–H groups in total. The summed E-state index contributed by atoms with van der Waals surface area (Å²) in [7, 11) is 0. The molecule has 0 atom stereocenters. The summed E-state index contributed by atoms with van der Waals surface area (Å²) in [6.45, 7) is -0.232. The SMILES string of the molecule is O=C(O)Cn1c(SCc2cc(-c3ccc(Cl)cc3Cl)no2)nnc1-c1cccs1. The number of carboxylic acids is 1. The third kappa shape index (κ3) is 4.48. The Morgan fingerprint density at radius 3 is 2.83 bits per heavy atom. The second-order valence-corrected chi connectivity index (χ2v) is 8.59. The molecule has 3 heterocycles. The molecule has 0 fully saturated rings. The van der Waals surface area contributed by atoms with Crippen LogP contribution in [0.4, 0.5) is 0 Å². The second kappa shape index (κ2) is 8.58. The van der Waals surface area contributed by atoms with Gasteiger partial charge in [0.25, 0.3) is 0 Å². The summed E-state index contributed by atoms with van der Waals surface area (Å²) in [5.41, 5.74) is 1.30. The molecular weight excluding hydrogens is 455 g/mol. The van der Waals surface area contributed by atoms with Crippen molar-refractivity contribution in [1.82, 2.24) is 19.9 Å². The van der Waals surface area contributed by atoms with Crippen LogP contribution in [0.25, 0.3) is 22.0 Å². The van der Waals surface area contributed by atoms with Crippen LogP contribution in [-0.4, -0.2) is 31.0 Å². The minimum Gasteiger partial charge on any atom is -0.480 e. The monoisotopic (exact) mass is 466 g/mol. The Kier molecular flexibility index (Phi) is 5.91. The molecule has 7 nitrogen and oxygen atoms in total. The first kappa shape index (κ1) is 20.0. The second-order valence-electron chi connectivity index (χ2n) is 5.85. The quantitative estimate of drug-likeness (QED) is 0.367. The lowest BCUT2D eigenvalue weighted by Crippen LogP contribution is -2.11. The van der Waals surface area contributed by atoms with Crippen molar-refractivity contribution in [3.05, 3.63) is 57.6 Å². The average molecular weight is 467 g/mol. The molecule has 0 aliphatic rings. The van der Waals surface area contributed by atoms with Gasteiger partial charge in [-0.05, 0) is 29.6 Å². The molecule has 4 aromatic rings. The summed E-state index contributed by atoms with van der Waals surface area (Å²) in [4.78, 5) is 12.2. The molecule has 0 saturated heterocycles. The first-order valence-electron chi connectivity index (χ1n) is 8.24. The summed E-state index contributed by atoms with van der Waals surface area (Å²) in [5.74, 6) is 0.555. The number of rotatable bonds is 7. The van der Waals surface area contributed by atoms with E-state index < -0.39 is 5.97 Å². The Bertz CT molecular complexity index is 1160. The third-order valence-electron chi connectivity index (χ3n) is 3.86. The summed E-state index contributed by atoms with van der Waals surface area (Å²) >= 11 is 14.9. The number of benzene rings is 1. The first-order chi connectivity index (χ1) is 14.0. The zero-order chi connectivity index (χ0) is 20.4. The van der Waals surface area contributed by atoms with Crippen LogP contribution in [0.3, 0.4) is 0 Å². The van der Waals surface area contributed by atoms with Crippen molar-refractivity contribution in [3.63, 3.8) is 0 Å². The van der Waals surface area contributed by atoms with Gasteiger partial charge in [-0.15, -0.1) is 21.5 Å². The van der Waals surface area contributed by atoms with E-state index in [1.807, 2.05) is 17.5 Å². The molecule has 0 radical (unpaired) electrons. The molecule has 0 saturated carbocycles. The summed E-state index contributed by atoms with van der Waals surface area (Å²) in [6, 6.07) is 10.7. The standard InChI is InChI=1S/C18H12Cl2N4O3S2/c19-10-3-4-12(13(20)6-10)14-7-11(27-23-14)9-29-18-22-21-17(15-2-1-5-28-15)24(18)8-16(25)26/h1-7H,8-9H2,(H,25,26). The highest BCUT2D eigenvalue weighted by atomic mass is 35.5. The molecule has 29 heavy (non-hydrogen) atoms. The summed E-state index contributed by atoms with van der Waals surface area (Å²) in [6.07, 6.45) is 0. The van der Waals surface area contributed by atoms with E-state index in [2.05, 4.69) is 15.4 Å². The Balaban J connectivity index is 1.54. The molecule has 11 heteroatoms. The fraction of sp³-hybridized carbons (Fsp3) is 0.111. The van der Waals surface area contributed by atoms with Gasteiger partial charge in [-0.2, -0.15) is 0 Å². The highest BCUT2D eigenvalue weighted by Gasteiger charge is 2.18. The Hall–Kier alpha value is -2.33. The zero-order valence-corrected chi connectivity index (χ0v) is 17.7. The van der Waals surface area contributed by atoms with E-state index in [1.54, 1.807) is 28.8 Å². The molecule has 0 unspecified atom stereocenters. The molecule has 0 spiro atoms. The number of hydrogen-bond donors (Lipinski definition) is 1. The van der Waals surface area contributed by atoms with E-state index in [0.717, 1.165) is 4.88 Å². The van der Waals surface area contributed by atoms with Crippen LogP contribution in [0.1, 0.15) is 5.76 Å². The highest BCUT2D eigenvalue weighted by Crippen LogP contribution is 2.32. The highest BCUT2D eigenvalue weighted by molar-refractivity contribution is 7.98. The zero-order valence-electron chi connectivity index (χ0n) is 14.6. The lowest BCUT2D eigenvalue weighted by atomic mass is 10.1. The largest absolute Gasteiger partial charge is 0.480 e. The number of thioether (sulfide) groups is 1. The van der Waals surface area contributed by atoms with Crippen LogP contribution in [0.2, 0.25) is 10.0 Å². The van der Waals surface area contributed by atoms with Crippen molar-refractivity contribution < 1.29 is 14.4 Å². The van der Waals surface area contributed by atoms with Crippen molar-refractivity contribution >= 4 is 52.3 Å². The van der Waals surface area contributed by atoms with Crippen molar-refractivity contribution in [3.8, 4) is 22.0 Å². The molecule has 0 bridgehead atoms. The molecule has 0 aliphatic carbocycles. The van der Waals surface area contributed by atoms with Gasteiger partial charge in [0.05, 0.1) is 15.7 Å². The van der Waals surface area contributed by atoms with Gasteiger partial charge < -0.3 is 9.63 Å². The van der Waals surface area contributed by atoms with Gasteiger partial charge >= 0.3 is 5.97 Å². The van der Waals surface area contributed by atoms with Crippen LogP contribution >= 0.6 is 46.3 Å². The van der Waals surface area contributed by atoms with E-state index in [-0.39, 0.29) is 6.54 Å². The minimum absolute atomic E-state index is 0.232. The van der Waals surface area contributed by atoms with E-state index in [0.29, 0.717) is 43.8 Å². The van der Waals surface area contributed by atoms with Crippen molar-refractivity contribution in [1.29, 1.82) is 0 Å². The van der Waals surface area contributed by atoms with Gasteiger partial charge in [-0.1, -0.05) is 46.2 Å². The van der Waals surface area contributed by atoms with Crippen LogP contribution in [0.15, 0.2) is 51.5 Å². The van der Waals surface area contributed by atoms with Crippen LogP contribution in [0, 0.1) is 0 Å². The molecule has 0 amide bonds. The van der Waals surface area contributed by atoms with E-state index in [9.17, 15) is 9.90 Å². The molecule has 148 valence electrons. The predicted molar refractivity (Wildman–Crippen MR) is 112 cm³/mol. The van der Waals surface area contributed by atoms with Gasteiger partial charge in [0.1, 0.15) is 18.0 Å².